The molecule has 2 aromatic rings. The van der Waals surface area contributed by atoms with Gasteiger partial charge in [0.05, 0.1) is 10.7 Å². The average molecular weight is 338 g/mol. The minimum absolute atomic E-state index is 0.0556. The van der Waals surface area contributed by atoms with Gasteiger partial charge in [-0.3, -0.25) is 4.79 Å². The number of aromatic nitrogens is 2. The van der Waals surface area contributed by atoms with Gasteiger partial charge in [-0.2, -0.15) is 0 Å². The maximum atomic E-state index is 12.2. The summed E-state index contributed by atoms with van der Waals surface area (Å²) in [5.74, 6) is -0.794. The van der Waals surface area contributed by atoms with Gasteiger partial charge in [0.1, 0.15) is 11.2 Å². The Bertz CT molecular complexity index is 800. The molecule has 1 aromatic heterocycles. The lowest BCUT2D eigenvalue weighted by Gasteiger charge is -2.09. The lowest BCUT2D eigenvalue weighted by Crippen LogP contribution is -2.29. The number of carbonyl (C=O) groups excluding carboxylic acids is 1. The van der Waals surface area contributed by atoms with Crippen LogP contribution in [0.3, 0.4) is 0 Å². The van der Waals surface area contributed by atoms with Gasteiger partial charge in [0.2, 0.25) is 0 Å². The number of nitrogens with one attached hydrogen (secondary N) is 1. The summed E-state index contributed by atoms with van der Waals surface area (Å²) in [6.07, 6.45) is 5.29. The number of nitrogens with zero attached hydrogens (tertiary/aromatic N) is 2. The summed E-state index contributed by atoms with van der Waals surface area (Å²) in [6.45, 7) is 1.60. The first-order valence-electron chi connectivity index (χ1n) is 6.16. The molecular weight excluding hydrogens is 326 g/mol. The number of aryl methyl sites for hydroxylation is 1. The van der Waals surface area contributed by atoms with Gasteiger partial charge in [0, 0.05) is 12.3 Å². The largest absolute Gasteiger partial charge is 0.269 e. The van der Waals surface area contributed by atoms with E-state index in [9.17, 15) is 13.2 Å². The number of amides is 1. The van der Waals surface area contributed by atoms with E-state index in [0.717, 1.165) is 6.08 Å². The first-order valence-corrected chi connectivity index (χ1v) is 8.02. The molecule has 0 radical (unpaired) electrons. The van der Waals surface area contributed by atoms with Crippen molar-refractivity contribution in [3.63, 3.8) is 0 Å². The molecule has 0 unspecified atom stereocenters. The first kappa shape index (κ1) is 16.1. The SMILES string of the molecule is Cc1cccc(Cl)c1S(=O)(=O)NC(=O)/C=C/c1ccncn1. The minimum Gasteiger partial charge on any atom is -0.269 e. The molecule has 0 aliphatic heterocycles. The smallest absolute Gasteiger partial charge is 0.266 e. The Labute approximate surface area is 132 Å². The molecule has 114 valence electrons. The number of sulfonamides is 1. The molecular formula is C14H12ClN3O3S. The molecule has 6 nitrogen and oxygen atoms in total. The molecule has 0 aliphatic rings. The maximum absolute atomic E-state index is 12.2. The molecule has 0 bridgehead atoms. The molecule has 0 saturated carbocycles. The van der Waals surface area contributed by atoms with Crippen molar-refractivity contribution in [2.75, 3.05) is 0 Å². The molecule has 0 saturated heterocycles. The maximum Gasteiger partial charge on any atom is 0.266 e. The van der Waals surface area contributed by atoms with E-state index in [1.807, 2.05) is 4.72 Å². The van der Waals surface area contributed by atoms with E-state index in [2.05, 4.69) is 9.97 Å². The fraction of sp³-hybridized carbons (Fsp3) is 0.0714. The molecule has 1 heterocycles. The van der Waals surface area contributed by atoms with Gasteiger partial charge in [-0.1, -0.05) is 23.7 Å². The van der Waals surface area contributed by atoms with Crippen LogP contribution in [0.25, 0.3) is 6.08 Å². The van der Waals surface area contributed by atoms with Gasteiger partial charge in [0.25, 0.3) is 15.9 Å². The standard InChI is InChI=1S/C14H12ClN3O3S/c1-10-3-2-4-12(15)14(10)22(20,21)18-13(19)6-5-11-7-8-16-9-17-11/h2-9H,1H3,(H,18,19)/b6-5+. The molecule has 0 aliphatic carbocycles. The second-order valence-corrected chi connectivity index (χ2v) is 6.35. The van der Waals surface area contributed by atoms with Crippen LogP contribution in [-0.4, -0.2) is 24.3 Å². The normalized spacial score (nSPS) is 11.5. The van der Waals surface area contributed by atoms with Gasteiger partial charge in [-0.05, 0) is 30.7 Å². The van der Waals surface area contributed by atoms with Gasteiger partial charge in [-0.25, -0.2) is 23.1 Å². The van der Waals surface area contributed by atoms with Crippen molar-refractivity contribution < 1.29 is 13.2 Å². The topological polar surface area (TPSA) is 89.0 Å². The quantitative estimate of drug-likeness (QED) is 0.861. The highest BCUT2D eigenvalue weighted by atomic mass is 35.5. The monoisotopic (exact) mass is 337 g/mol. The number of hydrogen-bond donors (Lipinski definition) is 1. The Hall–Kier alpha value is -2.25. The third-order valence-electron chi connectivity index (χ3n) is 2.68. The molecule has 1 N–H and O–H groups in total. The summed E-state index contributed by atoms with van der Waals surface area (Å²) in [5.41, 5.74) is 0.934. The highest BCUT2D eigenvalue weighted by molar-refractivity contribution is 7.90. The van der Waals surface area contributed by atoms with Crippen LogP contribution in [0, 0.1) is 6.92 Å². The molecule has 0 spiro atoms. The van der Waals surface area contributed by atoms with Crippen LogP contribution in [0.2, 0.25) is 5.02 Å². The van der Waals surface area contributed by atoms with E-state index >= 15 is 0 Å². The minimum atomic E-state index is -4.04. The highest BCUT2D eigenvalue weighted by Crippen LogP contribution is 2.24. The van der Waals surface area contributed by atoms with Gasteiger partial charge >= 0.3 is 0 Å². The number of carbonyl (C=O) groups is 1. The van der Waals surface area contributed by atoms with Crippen molar-refractivity contribution >= 4 is 33.6 Å². The van der Waals surface area contributed by atoms with E-state index in [4.69, 9.17) is 11.6 Å². The molecule has 22 heavy (non-hydrogen) atoms. The summed E-state index contributed by atoms with van der Waals surface area (Å²) in [4.78, 5) is 19.3. The lowest BCUT2D eigenvalue weighted by molar-refractivity contribution is -0.114. The molecule has 0 atom stereocenters. The van der Waals surface area contributed by atoms with Crippen LogP contribution < -0.4 is 4.72 Å². The van der Waals surface area contributed by atoms with Gasteiger partial charge in [0.15, 0.2) is 0 Å². The van der Waals surface area contributed by atoms with Crippen molar-refractivity contribution in [2.24, 2.45) is 0 Å². The first-order chi connectivity index (χ1) is 10.4. The molecule has 1 aromatic carbocycles. The second-order valence-electron chi connectivity index (χ2n) is 4.32. The summed E-state index contributed by atoms with van der Waals surface area (Å²) in [7, 11) is -4.04. The Morgan fingerprint density at radius 3 is 2.73 bits per heavy atom. The molecule has 8 heteroatoms. The van der Waals surface area contributed by atoms with E-state index in [1.54, 1.807) is 25.1 Å². The third-order valence-corrected chi connectivity index (χ3v) is 4.65. The predicted molar refractivity (Wildman–Crippen MR) is 82.6 cm³/mol. The fourth-order valence-electron chi connectivity index (χ4n) is 1.74. The molecule has 0 fully saturated rings. The summed E-state index contributed by atoms with van der Waals surface area (Å²) < 4.78 is 26.4. The second kappa shape index (κ2) is 6.67. The van der Waals surface area contributed by atoms with E-state index in [-0.39, 0.29) is 9.92 Å². The zero-order valence-electron chi connectivity index (χ0n) is 11.5. The van der Waals surface area contributed by atoms with Gasteiger partial charge in [-0.15, -0.1) is 0 Å². The van der Waals surface area contributed by atoms with Crippen LogP contribution >= 0.6 is 11.6 Å². The van der Waals surface area contributed by atoms with Crippen molar-refractivity contribution in [3.05, 3.63) is 59.1 Å². The van der Waals surface area contributed by atoms with Crippen molar-refractivity contribution in [3.8, 4) is 0 Å². The third kappa shape index (κ3) is 3.90. The zero-order valence-corrected chi connectivity index (χ0v) is 13.1. The van der Waals surface area contributed by atoms with Crippen LogP contribution in [0.5, 0.6) is 0 Å². The Kier molecular flexibility index (Phi) is 4.89. The van der Waals surface area contributed by atoms with Crippen molar-refractivity contribution in [1.82, 2.24) is 14.7 Å². The van der Waals surface area contributed by atoms with Crippen molar-refractivity contribution in [1.29, 1.82) is 0 Å². The fourth-order valence-corrected chi connectivity index (χ4v) is 3.51. The predicted octanol–water partition coefficient (Wildman–Crippen LogP) is 1.96. The summed E-state index contributed by atoms with van der Waals surface area (Å²) >= 11 is 5.91. The molecule has 1 amide bonds. The van der Waals surface area contributed by atoms with E-state index in [1.165, 1.54) is 24.7 Å². The van der Waals surface area contributed by atoms with Crippen LogP contribution in [-0.2, 0) is 14.8 Å². The Morgan fingerprint density at radius 1 is 1.32 bits per heavy atom. The van der Waals surface area contributed by atoms with Crippen LogP contribution in [0.1, 0.15) is 11.3 Å². The lowest BCUT2D eigenvalue weighted by atomic mass is 10.2. The molecule has 2 rings (SSSR count). The number of benzene rings is 1. The summed E-state index contributed by atoms with van der Waals surface area (Å²) in [6, 6.07) is 6.26. The van der Waals surface area contributed by atoms with Gasteiger partial charge < -0.3 is 0 Å². The zero-order chi connectivity index (χ0) is 16.2. The summed E-state index contributed by atoms with van der Waals surface area (Å²) in [5, 5.41) is 0.0556. The van der Waals surface area contributed by atoms with E-state index in [0.29, 0.717) is 11.3 Å². The van der Waals surface area contributed by atoms with Crippen LogP contribution in [0.4, 0.5) is 0 Å². The Morgan fingerprint density at radius 2 is 2.09 bits per heavy atom. The Balaban J connectivity index is 2.19. The number of halogens is 1. The average Bonchev–Trinajstić information content (AvgIpc) is 2.45. The van der Waals surface area contributed by atoms with Crippen LogP contribution in [0.15, 0.2) is 47.8 Å². The number of rotatable bonds is 4. The highest BCUT2D eigenvalue weighted by Gasteiger charge is 2.21. The van der Waals surface area contributed by atoms with E-state index < -0.39 is 15.9 Å². The number of hydrogen-bond acceptors (Lipinski definition) is 5. The van der Waals surface area contributed by atoms with Crippen molar-refractivity contribution in [2.45, 2.75) is 11.8 Å².